The molecule has 1 aromatic carbocycles. The van der Waals surface area contributed by atoms with Gasteiger partial charge >= 0.3 is 6.36 Å². The van der Waals surface area contributed by atoms with Gasteiger partial charge in [0, 0.05) is 74.7 Å². The van der Waals surface area contributed by atoms with Crippen molar-refractivity contribution in [2.75, 3.05) is 75.1 Å². The van der Waals surface area contributed by atoms with Gasteiger partial charge in [0.05, 0.1) is 24.6 Å². The van der Waals surface area contributed by atoms with Crippen LogP contribution in [0.3, 0.4) is 0 Å². The van der Waals surface area contributed by atoms with Gasteiger partial charge in [0.1, 0.15) is 5.69 Å². The SMILES string of the molecule is CN1CCN(C2CCN(c3ccc(Nc4nc(NC5CC6(COC6)C5)c(-c5ccn[nH]5)nc4C(N)=O)cc3OC(F)(F)F)CC2)CC1. The topological polar surface area (TPSA) is 150 Å². The molecule has 1 aliphatic carbocycles. The summed E-state index contributed by atoms with van der Waals surface area (Å²) in [4.78, 5) is 28.5. The Kier molecular flexibility index (Phi) is 8.34. The van der Waals surface area contributed by atoms with Crippen LogP contribution >= 0.6 is 0 Å². The van der Waals surface area contributed by atoms with E-state index >= 15 is 0 Å². The van der Waals surface area contributed by atoms with Crippen LogP contribution in [0.1, 0.15) is 36.2 Å². The lowest BCUT2D eigenvalue weighted by atomic mass is 9.64. The van der Waals surface area contributed by atoms with E-state index in [1.807, 2.05) is 4.90 Å². The first-order valence-corrected chi connectivity index (χ1v) is 15.9. The fourth-order valence-corrected chi connectivity index (χ4v) is 7.13. The summed E-state index contributed by atoms with van der Waals surface area (Å²) < 4.78 is 50.9. The van der Waals surface area contributed by atoms with E-state index in [1.165, 1.54) is 6.07 Å². The standard InChI is InChI=1S/C31H39F3N10O3/c1-42-10-12-43(13-11-42)21-5-8-44(9-6-21)23-3-2-19(14-24(23)47-31(32,33)34)37-29-26(27(35)45)39-25(22-4-7-36-41-22)28(40-29)38-20-15-30(16-20)17-46-18-30/h2-4,7,14,20-21H,5-6,8-13,15-18H2,1H3,(H2,35,45)(H,36,41)(H2,37,38,40). The maximum Gasteiger partial charge on any atom is 0.573 e. The minimum Gasteiger partial charge on any atom is -0.403 e. The highest BCUT2D eigenvalue weighted by molar-refractivity contribution is 5.97. The smallest absolute Gasteiger partial charge is 0.403 e. The Balaban J connectivity index is 1.14. The quantitative estimate of drug-likeness (QED) is 0.268. The average Bonchev–Trinajstić information content (AvgIpc) is 3.53. The normalized spacial score (nSPS) is 20.9. The van der Waals surface area contributed by atoms with Gasteiger partial charge in [0.15, 0.2) is 23.1 Å². The number of aromatic amines is 1. The number of halogens is 3. The van der Waals surface area contributed by atoms with E-state index in [0.717, 1.165) is 65.1 Å². The number of likely N-dealkylation sites (N-methyl/N-ethyl adjacent to an activating group) is 1. The molecular weight excluding hydrogens is 617 g/mol. The summed E-state index contributed by atoms with van der Waals surface area (Å²) in [6, 6.07) is 6.71. The maximum atomic E-state index is 13.7. The molecule has 2 aromatic heterocycles. The highest BCUT2D eigenvalue weighted by Crippen LogP contribution is 2.48. The fraction of sp³-hybridized carbons (Fsp3) is 0.548. The van der Waals surface area contributed by atoms with Gasteiger partial charge in [-0.2, -0.15) is 5.10 Å². The van der Waals surface area contributed by atoms with E-state index in [1.54, 1.807) is 24.4 Å². The van der Waals surface area contributed by atoms with Crippen LogP contribution < -0.4 is 26.0 Å². The Morgan fingerprint density at radius 2 is 1.81 bits per heavy atom. The predicted molar refractivity (Wildman–Crippen MR) is 169 cm³/mol. The number of piperazine rings is 1. The molecule has 5 N–H and O–H groups in total. The van der Waals surface area contributed by atoms with Gasteiger partial charge in [-0.15, -0.1) is 13.2 Å². The largest absolute Gasteiger partial charge is 0.573 e. The molecule has 0 unspecified atom stereocenters. The van der Waals surface area contributed by atoms with Gasteiger partial charge in [-0.25, -0.2) is 9.97 Å². The molecule has 3 aromatic rings. The number of amides is 1. The molecular formula is C31H39F3N10O3. The fourth-order valence-electron chi connectivity index (χ4n) is 7.13. The Bertz CT molecular complexity index is 1580. The van der Waals surface area contributed by atoms with E-state index in [4.69, 9.17) is 10.5 Å². The van der Waals surface area contributed by atoms with Gasteiger partial charge in [-0.05, 0) is 50.9 Å². The average molecular weight is 657 g/mol. The number of hydrogen-bond acceptors (Lipinski definition) is 11. The second-order valence-electron chi connectivity index (χ2n) is 13.1. The number of carbonyl (C=O) groups excluding carboxylic acids is 1. The van der Waals surface area contributed by atoms with Crippen LogP contribution in [0.25, 0.3) is 11.4 Å². The van der Waals surface area contributed by atoms with E-state index < -0.39 is 12.3 Å². The molecule has 3 aliphatic heterocycles. The van der Waals surface area contributed by atoms with Crippen molar-refractivity contribution in [3.63, 3.8) is 0 Å². The zero-order valence-electron chi connectivity index (χ0n) is 26.1. The molecule has 0 bridgehead atoms. The number of nitrogens with one attached hydrogen (secondary N) is 3. The number of nitrogens with two attached hydrogens (primary N) is 1. The van der Waals surface area contributed by atoms with Crippen molar-refractivity contribution in [3.8, 4) is 17.1 Å². The Morgan fingerprint density at radius 3 is 2.43 bits per heavy atom. The number of nitrogens with zero attached hydrogens (tertiary/aromatic N) is 6. The summed E-state index contributed by atoms with van der Waals surface area (Å²) in [5, 5.41) is 13.3. The van der Waals surface area contributed by atoms with Crippen LogP contribution in [0.5, 0.6) is 5.75 Å². The number of carbonyl (C=O) groups is 1. The first-order chi connectivity index (χ1) is 22.5. The van der Waals surface area contributed by atoms with Gasteiger partial charge in [-0.1, -0.05) is 0 Å². The van der Waals surface area contributed by atoms with Crippen molar-refractivity contribution in [1.29, 1.82) is 0 Å². The summed E-state index contributed by atoms with van der Waals surface area (Å²) in [6.07, 6.45) is 0.131. The summed E-state index contributed by atoms with van der Waals surface area (Å²) in [6.45, 7) is 6.68. The first-order valence-electron chi connectivity index (χ1n) is 15.9. The number of benzene rings is 1. The number of anilines is 4. The second kappa shape index (κ2) is 12.5. The number of primary amides is 1. The van der Waals surface area contributed by atoms with Gasteiger partial charge < -0.3 is 35.6 Å². The molecule has 1 amide bonds. The molecule has 1 saturated carbocycles. The second-order valence-corrected chi connectivity index (χ2v) is 13.1. The lowest BCUT2D eigenvalue weighted by Gasteiger charge is -2.53. The number of piperidine rings is 1. The number of rotatable bonds is 9. The zero-order chi connectivity index (χ0) is 32.8. The van der Waals surface area contributed by atoms with Crippen molar-refractivity contribution in [2.45, 2.75) is 44.1 Å². The molecule has 0 atom stereocenters. The molecule has 1 spiro atoms. The van der Waals surface area contributed by atoms with Crippen LogP contribution in [-0.2, 0) is 4.74 Å². The van der Waals surface area contributed by atoms with Gasteiger partial charge in [0.2, 0.25) is 0 Å². The van der Waals surface area contributed by atoms with Crippen molar-refractivity contribution in [1.82, 2.24) is 30.0 Å². The summed E-state index contributed by atoms with van der Waals surface area (Å²) >= 11 is 0. The Labute approximate surface area is 270 Å². The monoisotopic (exact) mass is 656 g/mol. The number of alkyl halides is 3. The molecule has 47 heavy (non-hydrogen) atoms. The number of ether oxygens (including phenoxy) is 2. The van der Waals surface area contributed by atoms with Gasteiger partial charge in [0.25, 0.3) is 5.91 Å². The van der Waals surface area contributed by atoms with E-state index in [-0.39, 0.29) is 34.4 Å². The van der Waals surface area contributed by atoms with E-state index in [9.17, 15) is 18.0 Å². The Morgan fingerprint density at radius 1 is 1.06 bits per heavy atom. The van der Waals surface area contributed by atoms with Crippen LogP contribution in [-0.4, -0.2) is 114 Å². The van der Waals surface area contributed by atoms with E-state index in [0.29, 0.717) is 42.0 Å². The van der Waals surface area contributed by atoms with Crippen molar-refractivity contribution in [2.24, 2.45) is 11.1 Å². The summed E-state index contributed by atoms with van der Waals surface area (Å²) in [5.41, 5.74) is 7.18. The highest BCUT2D eigenvalue weighted by Gasteiger charge is 2.50. The van der Waals surface area contributed by atoms with Gasteiger partial charge in [-0.3, -0.25) is 14.8 Å². The molecule has 252 valence electrons. The van der Waals surface area contributed by atoms with Crippen LogP contribution in [0.15, 0.2) is 30.5 Å². The third-order valence-corrected chi connectivity index (χ3v) is 9.71. The minimum absolute atomic E-state index is 0.00276. The van der Waals surface area contributed by atoms with Crippen molar-refractivity contribution >= 4 is 28.9 Å². The number of aromatic nitrogens is 4. The molecule has 7 rings (SSSR count). The summed E-state index contributed by atoms with van der Waals surface area (Å²) in [7, 11) is 2.11. The van der Waals surface area contributed by atoms with Crippen LogP contribution in [0.2, 0.25) is 0 Å². The molecule has 0 radical (unpaired) electrons. The summed E-state index contributed by atoms with van der Waals surface area (Å²) in [5.74, 6) is -0.811. The lowest BCUT2D eigenvalue weighted by molar-refractivity contribution is -0.274. The molecule has 4 aliphatic rings. The Hall–Kier alpha value is -4.15. The lowest BCUT2D eigenvalue weighted by Crippen LogP contribution is -2.56. The maximum absolute atomic E-state index is 13.7. The van der Waals surface area contributed by atoms with E-state index in [2.05, 4.69) is 52.4 Å². The van der Waals surface area contributed by atoms with Crippen LogP contribution in [0.4, 0.5) is 36.2 Å². The first kappa shape index (κ1) is 31.4. The van der Waals surface area contributed by atoms with Crippen LogP contribution in [0, 0.1) is 5.41 Å². The van der Waals surface area contributed by atoms with Crippen molar-refractivity contribution in [3.05, 3.63) is 36.2 Å². The van der Waals surface area contributed by atoms with Crippen molar-refractivity contribution < 1.29 is 27.4 Å². The molecule has 16 heteroatoms. The molecule has 4 fully saturated rings. The highest BCUT2D eigenvalue weighted by atomic mass is 19.4. The number of H-pyrrole nitrogens is 1. The molecule has 13 nitrogen and oxygen atoms in total. The minimum atomic E-state index is -4.90. The molecule has 3 saturated heterocycles. The zero-order valence-corrected chi connectivity index (χ0v) is 26.1. The third-order valence-electron chi connectivity index (χ3n) is 9.71. The third kappa shape index (κ3) is 6.80. The molecule has 5 heterocycles. The number of hydrogen-bond donors (Lipinski definition) is 4. The predicted octanol–water partition coefficient (Wildman–Crippen LogP) is 3.41.